The van der Waals surface area contributed by atoms with E-state index in [2.05, 4.69) is 17.2 Å². The fourth-order valence-corrected chi connectivity index (χ4v) is 2.44. The number of hydrogen-bond acceptors (Lipinski definition) is 1. The molecule has 3 aromatic rings. The molecule has 0 fully saturated rings. The molecule has 23 heavy (non-hydrogen) atoms. The van der Waals surface area contributed by atoms with Crippen molar-refractivity contribution in [3.8, 4) is 11.8 Å². The lowest BCUT2D eigenvalue weighted by Crippen LogP contribution is -2.23. The molecule has 1 amide bonds. The first kappa shape index (κ1) is 15.1. The minimum Gasteiger partial charge on any atom is -0.341 e. The Morgan fingerprint density at radius 3 is 2.52 bits per heavy atom. The second kappa shape index (κ2) is 7.00. The van der Waals surface area contributed by atoms with Gasteiger partial charge >= 0.3 is 0 Å². The minimum atomic E-state index is -0.135. The number of hydrogen-bond donors (Lipinski definition) is 1. The van der Waals surface area contributed by atoms with Crippen LogP contribution in [0.4, 0.5) is 0 Å². The largest absolute Gasteiger partial charge is 0.341 e. The molecule has 3 aromatic carbocycles. The second-order valence-corrected chi connectivity index (χ2v) is 5.43. The van der Waals surface area contributed by atoms with Gasteiger partial charge in [-0.3, -0.25) is 4.79 Å². The summed E-state index contributed by atoms with van der Waals surface area (Å²) in [6.07, 6.45) is 0. The highest BCUT2D eigenvalue weighted by molar-refractivity contribution is 6.31. The summed E-state index contributed by atoms with van der Waals surface area (Å²) in [4.78, 5) is 12.2. The number of carbonyl (C=O) groups is 1. The van der Waals surface area contributed by atoms with Crippen molar-refractivity contribution in [2.75, 3.05) is 6.54 Å². The third-order valence-electron chi connectivity index (χ3n) is 3.45. The van der Waals surface area contributed by atoms with E-state index in [0.717, 1.165) is 16.3 Å². The summed E-state index contributed by atoms with van der Waals surface area (Å²) in [5, 5.41) is 5.57. The van der Waals surface area contributed by atoms with E-state index in [1.807, 2.05) is 60.7 Å². The Bertz CT molecular complexity index is 921. The van der Waals surface area contributed by atoms with E-state index in [0.29, 0.717) is 10.6 Å². The van der Waals surface area contributed by atoms with E-state index < -0.39 is 0 Å². The number of nitrogens with one attached hydrogen (secondary N) is 1. The highest BCUT2D eigenvalue weighted by atomic mass is 35.5. The van der Waals surface area contributed by atoms with Crippen molar-refractivity contribution in [2.45, 2.75) is 0 Å². The minimum absolute atomic E-state index is 0.135. The lowest BCUT2D eigenvalue weighted by molar-refractivity contribution is 0.0959. The summed E-state index contributed by atoms with van der Waals surface area (Å²) < 4.78 is 0. The maximum atomic E-state index is 12.2. The molecule has 0 saturated carbocycles. The summed E-state index contributed by atoms with van der Waals surface area (Å²) in [6.45, 7) is 0.275. The molecule has 0 bridgehead atoms. The van der Waals surface area contributed by atoms with Gasteiger partial charge in [-0.2, -0.15) is 0 Å². The van der Waals surface area contributed by atoms with Crippen LogP contribution in [-0.2, 0) is 0 Å². The van der Waals surface area contributed by atoms with Crippen LogP contribution in [0, 0.1) is 11.8 Å². The summed E-state index contributed by atoms with van der Waals surface area (Å²) in [6, 6.07) is 21.0. The SMILES string of the molecule is O=C(NCC#Cc1ccccc1Cl)c1ccc2ccccc2c1. The smallest absolute Gasteiger partial charge is 0.252 e. The van der Waals surface area contributed by atoms with Crippen molar-refractivity contribution in [1.29, 1.82) is 0 Å². The Morgan fingerprint density at radius 1 is 0.957 bits per heavy atom. The summed E-state index contributed by atoms with van der Waals surface area (Å²) >= 11 is 6.03. The van der Waals surface area contributed by atoms with Crippen LogP contribution in [0.25, 0.3) is 10.8 Å². The monoisotopic (exact) mass is 319 g/mol. The molecule has 3 heteroatoms. The van der Waals surface area contributed by atoms with Crippen LogP contribution in [0.5, 0.6) is 0 Å². The second-order valence-electron chi connectivity index (χ2n) is 5.03. The molecule has 112 valence electrons. The molecule has 1 N–H and O–H groups in total. The number of fused-ring (bicyclic) bond motifs is 1. The maximum absolute atomic E-state index is 12.2. The van der Waals surface area contributed by atoms with Crippen molar-refractivity contribution in [3.63, 3.8) is 0 Å². The number of carbonyl (C=O) groups excluding carboxylic acids is 1. The molecule has 3 rings (SSSR count). The molecular weight excluding hydrogens is 306 g/mol. The van der Waals surface area contributed by atoms with Gasteiger partial charge in [0, 0.05) is 11.1 Å². The van der Waals surface area contributed by atoms with E-state index >= 15 is 0 Å². The van der Waals surface area contributed by atoms with Gasteiger partial charge in [-0.15, -0.1) is 0 Å². The van der Waals surface area contributed by atoms with E-state index in [1.54, 1.807) is 6.07 Å². The fraction of sp³-hybridized carbons (Fsp3) is 0.0500. The van der Waals surface area contributed by atoms with Gasteiger partial charge in [0.1, 0.15) is 0 Å². The zero-order valence-electron chi connectivity index (χ0n) is 12.3. The maximum Gasteiger partial charge on any atom is 0.252 e. The fourth-order valence-electron chi connectivity index (χ4n) is 2.26. The van der Waals surface area contributed by atoms with Crippen molar-refractivity contribution in [1.82, 2.24) is 5.32 Å². The number of amides is 1. The van der Waals surface area contributed by atoms with Gasteiger partial charge in [0.25, 0.3) is 5.91 Å². The predicted octanol–water partition coefficient (Wildman–Crippen LogP) is 4.27. The standard InChI is InChI=1S/C20H14ClNO/c21-19-10-4-3-7-16(19)9-5-13-22-20(23)18-12-11-15-6-1-2-8-17(15)14-18/h1-4,6-8,10-12,14H,13H2,(H,22,23). The zero-order valence-corrected chi connectivity index (χ0v) is 13.1. The molecule has 0 saturated heterocycles. The van der Waals surface area contributed by atoms with E-state index in [4.69, 9.17) is 11.6 Å². The van der Waals surface area contributed by atoms with Gasteiger partial charge in [-0.1, -0.05) is 65.9 Å². The third kappa shape index (κ3) is 3.71. The molecule has 2 nitrogen and oxygen atoms in total. The quantitative estimate of drug-likeness (QED) is 0.702. The van der Waals surface area contributed by atoms with Crippen LogP contribution in [0.2, 0.25) is 5.02 Å². The first-order valence-corrected chi connectivity index (χ1v) is 7.62. The van der Waals surface area contributed by atoms with Crippen LogP contribution in [-0.4, -0.2) is 12.5 Å². The summed E-state index contributed by atoms with van der Waals surface area (Å²) in [7, 11) is 0. The molecule has 0 heterocycles. The zero-order chi connectivity index (χ0) is 16.1. The molecule has 0 aliphatic rings. The average Bonchev–Trinajstić information content (AvgIpc) is 2.59. The van der Waals surface area contributed by atoms with Gasteiger partial charge in [0.15, 0.2) is 0 Å². The van der Waals surface area contributed by atoms with Crippen molar-refractivity contribution < 1.29 is 4.79 Å². The van der Waals surface area contributed by atoms with Crippen molar-refractivity contribution in [2.24, 2.45) is 0 Å². The average molecular weight is 320 g/mol. The molecule has 0 unspecified atom stereocenters. The summed E-state index contributed by atoms with van der Waals surface area (Å²) in [5.41, 5.74) is 1.39. The number of benzene rings is 3. The van der Waals surface area contributed by atoms with Gasteiger partial charge in [0.05, 0.1) is 11.6 Å². The van der Waals surface area contributed by atoms with Gasteiger partial charge in [-0.25, -0.2) is 0 Å². The first-order valence-electron chi connectivity index (χ1n) is 7.24. The van der Waals surface area contributed by atoms with E-state index in [9.17, 15) is 4.79 Å². The molecule has 0 spiro atoms. The van der Waals surface area contributed by atoms with Gasteiger partial charge < -0.3 is 5.32 Å². The number of halogens is 1. The molecule has 0 aliphatic heterocycles. The Balaban J connectivity index is 1.66. The van der Waals surface area contributed by atoms with Gasteiger partial charge in [0.2, 0.25) is 0 Å². The Labute approximate surface area is 140 Å². The van der Waals surface area contributed by atoms with Crippen LogP contribution in [0.3, 0.4) is 0 Å². The Hall–Kier alpha value is -2.76. The predicted molar refractivity (Wildman–Crippen MR) is 94.6 cm³/mol. The molecule has 0 atom stereocenters. The molecule has 0 radical (unpaired) electrons. The Morgan fingerprint density at radius 2 is 1.70 bits per heavy atom. The Kier molecular flexibility index (Phi) is 4.61. The topological polar surface area (TPSA) is 29.1 Å². The van der Waals surface area contributed by atoms with Gasteiger partial charge in [-0.05, 0) is 35.0 Å². The van der Waals surface area contributed by atoms with E-state index in [-0.39, 0.29) is 12.5 Å². The normalized spacial score (nSPS) is 9.96. The molecular formula is C20H14ClNO. The van der Waals surface area contributed by atoms with Crippen LogP contribution in [0.1, 0.15) is 15.9 Å². The molecule has 0 aliphatic carbocycles. The van der Waals surface area contributed by atoms with Crippen molar-refractivity contribution >= 4 is 28.3 Å². The van der Waals surface area contributed by atoms with Crippen LogP contribution < -0.4 is 5.32 Å². The lowest BCUT2D eigenvalue weighted by atomic mass is 10.1. The first-order chi connectivity index (χ1) is 11.2. The highest BCUT2D eigenvalue weighted by Gasteiger charge is 2.04. The molecule has 0 aromatic heterocycles. The summed E-state index contributed by atoms with van der Waals surface area (Å²) in [5.74, 6) is 5.73. The van der Waals surface area contributed by atoms with Crippen LogP contribution >= 0.6 is 11.6 Å². The number of rotatable bonds is 2. The van der Waals surface area contributed by atoms with E-state index in [1.165, 1.54) is 0 Å². The van der Waals surface area contributed by atoms with Crippen molar-refractivity contribution in [3.05, 3.63) is 82.9 Å². The highest BCUT2D eigenvalue weighted by Crippen LogP contribution is 2.15. The third-order valence-corrected chi connectivity index (χ3v) is 3.78. The lowest BCUT2D eigenvalue weighted by Gasteiger charge is -2.03. The van der Waals surface area contributed by atoms with Crippen LogP contribution in [0.15, 0.2) is 66.7 Å².